The molecule has 0 spiro atoms. The normalized spacial score (nSPS) is 64.3. The predicted molar refractivity (Wildman–Crippen MR) is 129 cm³/mol. The van der Waals surface area contributed by atoms with Gasteiger partial charge in [-0.25, -0.2) is 0 Å². The Morgan fingerprint density at radius 3 is 2.16 bits per heavy atom. The minimum atomic E-state index is -0.100. The molecule has 1 nitrogen and oxygen atoms in total. The summed E-state index contributed by atoms with van der Waals surface area (Å²) in [5, 5.41) is 10.9. The molecular weight excluding hydrogens is 376 g/mol. The molecule has 6 saturated carbocycles. The summed E-state index contributed by atoms with van der Waals surface area (Å²) in [5.41, 5.74) is 3.00. The van der Waals surface area contributed by atoms with Crippen LogP contribution in [0.3, 0.4) is 0 Å². The van der Waals surface area contributed by atoms with Crippen molar-refractivity contribution in [1.29, 1.82) is 0 Å². The van der Waals surface area contributed by atoms with Gasteiger partial charge in [0.1, 0.15) is 0 Å². The standard InChI is InChI=1S/C30H50O/c1-19-8-12-26(5)16-17-30-18-29(30,24(26)20(19)2)15-10-22-27(6)13-11-23(31)25(3,4)21(27)9-14-28(22,30)7/h19-24,31H,8-18H2,1-7H3/t19-,20-,21+,22+,23-,24+,26+,27-,28+,29-,30-/m0/s1. The molecule has 0 aromatic carbocycles. The van der Waals surface area contributed by atoms with Gasteiger partial charge in [0.15, 0.2) is 0 Å². The first-order chi connectivity index (χ1) is 14.4. The summed E-state index contributed by atoms with van der Waals surface area (Å²) in [6.07, 6.45) is 15.5. The first-order valence-corrected chi connectivity index (χ1v) is 14.1. The topological polar surface area (TPSA) is 20.2 Å². The van der Waals surface area contributed by atoms with Crippen LogP contribution in [0.5, 0.6) is 0 Å². The number of aliphatic hydroxyl groups is 1. The molecule has 0 aliphatic heterocycles. The Kier molecular flexibility index (Phi) is 4.13. The van der Waals surface area contributed by atoms with E-state index in [1.807, 2.05) is 0 Å². The van der Waals surface area contributed by atoms with Crippen molar-refractivity contribution in [2.75, 3.05) is 0 Å². The number of hydrogen-bond acceptors (Lipinski definition) is 1. The first-order valence-electron chi connectivity index (χ1n) is 14.1. The van der Waals surface area contributed by atoms with Gasteiger partial charge in [-0.05, 0) is 133 Å². The van der Waals surface area contributed by atoms with Gasteiger partial charge in [-0.3, -0.25) is 0 Å². The van der Waals surface area contributed by atoms with Crippen LogP contribution in [-0.4, -0.2) is 11.2 Å². The summed E-state index contributed by atoms with van der Waals surface area (Å²) in [6.45, 7) is 18.2. The minimum absolute atomic E-state index is 0.0858. The quantitative estimate of drug-likeness (QED) is 0.418. The lowest BCUT2D eigenvalue weighted by atomic mass is 9.35. The minimum Gasteiger partial charge on any atom is -0.393 e. The molecule has 0 saturated heterocycles. The lowest BCUT2D eigenvalue weighted by molar-refractivity contribution is -0.223. The predicted octanol–water partition coefficient (Wildman–Crippen LogP) is 7.86. The van der Waals surface area contributed by atoms with Crippen molar-refractivity contribution in [3.05, 3.63) is 0 Å². The van der Waals surface area contributed by atoms with Crippen LogP contribution < -0.4 is 0 Å². The highest BCUT2D eigenvalue weighted by molar-refractivity contribution is 5.32. The van der Waals surface area contributed by atoms with Crippen molar-refractivity contribution < 1.29 is 5.11 Å². The molecule has 0 unspecified atom stereocenters. The molecule has 6 aliphatic carbocycles. The molecule has 0 heterocycles. The van der Waals surface area contributed by atoms with E-state index in [9.17, 15) is 5.11 Å². The Morgan fingerprint density at radius 2 is 1.42 bits per heavy atom. The molecule has 1 heteroatoms. The Labute approximate surface area is 192 Å². The zero-order valence-corrected chi connectivity index (χ0v) is 21.7. The van der Waals surface area contributed by atoms with Crippen LogP contribution in [0.25, 0.3) is 0 Å². The summed E-state index contributed by atoms with van der Waals surface area (Å²) in [6, 6.07) is 0. The van der Waals surface area contributed by atoms with Crippen LogP contribution in [-0.2, 0) is 0 Å². The van der Waals surface area contributed by atoms with Crippen molar-refractivity contribution in [3.8, 4) is 0 Å². The third-order valence-corrected chi connectivity index (χ3v) is 14.5. The van der Waals surface area contributed by atoms with Crippen LogP contribution >= 0.6 is 0 Å². The van der Waals surface area contributed by atoms with Gasteiger partial charge >= 0.3 is 0 Å². The van der Waals surface area contributed by atoms with Gasteiger partial charge in [-0.1, -0.05) is 48.5 Å². The zero-order valence-electron chi connectivity index (χ0n) is 21.7. The average Bonchev–Trinajstić information content (AvgIpc) is 3.39. The van der Waals surface area contributed by atoms with Gasteiger partial charge in [-0.15, -0.1) is 0 Å². The summed E-state index contributed by atoms with van der Waals surface area (Å²) in [7, 11) is 0. The average molecular weight is 427 g/mol. The summed E-state index contributed by atoms with van der Waals surface area (Å²) < 4.78 is 0. The third-order valence-electron chi connectivity index (χ3n) is 14.5. The second-order valence-electron chi connectivity index (χ2n) is 15.4. The summed E-state index contributed by atoms with van der Waals surface area (Å²) >= 11 is 0. The molecule has 0 bridgehead atoms. The second kappa shape index (κ2) is 5.95. The Balaban J connectivity index is 1.40. The molecule has 31 heavy (non-hydrogen) atoms. The number of fused-ring (bicyclic) bond motifs is 4. The molecule has 0 amide bonds. The van der Waals surface area contributed by atoms with Gasteiger partial charge in [0.25, 0.3) is 0 Å². The van der Waals surface area contributed by atoms with E-state index in [-0.39, 0.29) is 11.5 Å². The van der Waals surface area contributed by atoms with Crippen molar-refractivity contribution in [3.63, 3.8) is 0 Å². The number of hydrogen-bond donors (Lipinski definition) is 1. The maximum absolute atomic E-state index is 10.9. The fraction of sp³-hybridized carbons (Fsp3) is 1.00. The van der Waals surface area contributed by atoms with Gasteiger partial charge in [0.05, 0.1) is 6.10 Å². The van der Waals surface area contributed by atoms with Crippen molar-refractivity contribution >= 4 is 0 Å². The number of rotatable bonds is 0. The smallest absolute Gasteiger partial charge is 0.0594 e. The molecule has 0 aromatic heterocycles. The van der Waals surface area contributed by atoms with E-state index in [4.69, 9.17) is 0 Å². The fourth-order valence-electron chi connectivity index (χ4n) is 12.8. The van der Waals surface area contributed by atoms with Crippen molar-refractivity contribution in [2.45, 2.75) is 125 Å². The largest absolute Gasteiger partial charge is 0.393 e. The highest BCUT2D eigenvalue weighted by atomic mass is 16.3. The van der Waals surface area contributed by atoms with E-state index in [2.05, 4.69) is 48.5 Å². The summed E-state index contributed by atoms with van der Waals surface area (Å²) in [4.78, 5) is 0. The molecule has 176 valence electrons. The summed E-state index contributed by atoms with van der Waals surface area (Å²) in [5.74, 6) is 4.39. The highest BCUT2D eigenvalue weighted by Gasteiger charge is 2.84. The molecule has 0 radical (unpaired) electrons. The maximum atomic E-state index is 10.9. The van der Waals surface area contributed by atoms with Crippen molar-refractivity contribution in [1.82, 2.24) is 0 Å². The molecule has 1 N–H and O–H groups in total. The molecule has 11 atom stereocenters. The molecule has 6 fully saturated rings. The second-order valence-corrected chi connectivity index (χ2v) is 15.4. The van der Waals surface area contributed by atoms with Gasteiger partial charge in [-0.2, -0.15) is 0 Å². The zero-order chi connectivity index (χ0) is 22.2. The Morgan fingerprint density at radius 1 is 0.710 bits per heavy atom. The molecule has 0 aromatic rings. The van der Waals surface area contributed by atoms with E-state index in [1.165, 1.54) is 57.8 Å². The van der Waals surface area contributed by atoms with Gasteiger partial charge in [0, 0.05) is 0 Å². The Bertz CT molecular complexity index is 785. The number of aliphatic hydroxyl groups excluding tert-OH is 1. The SMILES string of the molecule is C[C@@H]1[C@@H]2[C@](C)(CC[C@@H]1C)CC[C@@]13C[C@@]21CC[C@@H]1[C@@]2(C)CC[C@H](O)C(C)(C)[C@H]2CC[C@]13C. The van der Waals surface area contributed by atoms with E-state index in [1.54, 1.807) is 6.42 Å². The lowest BCUT2D eigenvalue weighted by Gasteiger charge is -2.70. The van der Waals surface area contributed by atoms with E-state index >= 15 is 0 Å². The van der Waals surface area contributed by atoms with Crippen molar-refractivity contribution in [2.24, 2.45) is 62.1 Å². The lowest BCUT2D eigenvalue weighted by Crippen LogP contribution is -2.64. The van der Waals surface area contributed by atoms with Gasteiger partial charge < -0.3 is 5.11 Å². The maximum Gasteiger partial charge on any atom is 0.0594 e. The van der Waals surface area contributed by atoms with Crippen LogP contribution in [0, 0.1) is 62.1 Å². The molecule has 6 aliphatic rings. The first kappa shape index (κ1) is 21.5. The van der Waals surface area contributed by atoms with Crippen LogP contribution in [0.4, 0.5) is 0 Å². The molecular formula is C30H50O. The highest BCUT2D eigenvalue weighted by Crippen LogP contribution is 2.91. The Hall–Kier alpha value is -0.0400. The third kappa shape index (κ3) is 2.21. The molecule has 6 rings (SSSR count). The monoisotopic (exact) mass is 426 g/mol. The van der Waals surface area contributed by atoms with E-state index < -0.39 is 0 Å². The van der Waals surface area contributed by atoms with Gasteiger partial charge in [0.2, 0.25) is 0 Å². The van der Waals surface area contributed by atoms with E-state index in [0.717, 1.165) is 30.1 Å². The van der Waals surface area contributed by atoms with Crippen LogP contribution in [0.1, 0.15) is 119 Å². The van der Waals surface area contributed by atoms with E-state index in [0.29, 0.717) is 33.0 Å². The van der Waals surface area contributed by atoms with Crippen LogP contribution in [0.2, 0.25) is 0 Å². The van der Waals surface area contributed by atoms with Crippen LogP contribution in [0.15, 0.2) is 0 Å². The fourth-order valence-corrected chi connectivity index (χ4v) is 12.8.